The van der Waals surface area contributed by atoms with E-state index >= 15 is 0 Å². The molecule has 2 amide bonds. The number of carboxylic acid groups (broad SMARTS) is 2. The van der Waals surface area contributed by atoms with Gasteiger partial charge in [-0.05, 0) is 25.1 Å². The lowest BCUT2D eigenvalue weighted by molar-refractivity contribution is -0.420. The number of nitro groups is 1. The molecule has 1 aromatic heterocycles. The van der Waals surface area contributed by atoms with Gasteiger partial charge in [0.2, 0.25) is 0 Å². The smallest absolute Gasteiger partial charge is 0.352 e. The van der Waals surface area contributed by atoms with Gasteiger partial charge in [0.25, 0.3) is 5.70 Å². The highest BCUT2D eigenvalue weighted by Gasteiger charge is 2.38. The summed E-state index contributed by atoms with van der Waals surface area (Å²) < 4.78 is 10.6. The van der Waals surface area contributed by atoms with E-state index in [-0.39, 0.29) is 22.4 Å². The molecule has 0 spiro atoms. The van der Waals surface area contributed by atoms with Gasteiger partial charge >= 0.3 is 31.3 Å². The number of carboxylic acids is 2. The fourth-order valence-corrected chi connectivity index (χ4v) is 5.07. The van der Waals surface area contributed by atoms with Crippen LogP contribution in [0.25, 0.3) is 10.9 Å². The molecule has 3 aliphatic rings. The van der Waals surface area contributed by atoms with Crippen LogP contribution in [-0.4, -0.2) is 102 Å². The number of allylic oxidation sites excluding steroid dienone is 1. The molecule has 3 heterocycles. The normalized spacial score (nSPS) is 22.2. The Labute approximate surface area is 270 Å². The van der Waals surface area contributed by atoms with Crippen LogP contribution in [-0.2, 0) is 18.9 Å². The quantitative estimate of drug-likeness (QED) is 0.0801. The van der Waals surface area contributed by atoms with Crippen molar-refractivity contribution < 1.29 is 48.7 Å². The number of hydrogen-bond donors (Lipinski definition) is 8. The number of piperazine rings is 2. The van der Waals surface area contributed by atoms with Crippen LogP contribution >= 0.6 is 7.60 Å². The van der Waals surface area contributed by atoms with Gasteiger partial charge in [-0.15, -0.1) is 0 Å². The van der Waals surface area contributed by atoms with Gasteiger partial charge in [-0.1, -0.05) is 18.2 Å². The first-order chi connectivity index (χ1) is 22.4. The predicted molar refractivity (Wildman–Crippen MR) is 166 cm³/mol. The Bertz CT molecular complexity index is 1880. The second-order valence-corrected chi connectivity index (χ2v) is 12.1. The zero-order chi connectivity index (χ0) is 35.8. The Hall–Kier alpha value is -5.51. The number of nitrogens with one attached hydrogen (secondary N) is 4. The zero-order valence-electron chi connectivity index (χ0n) is 25.0. The minimum absolute atomic E-state index is 0.0892. The topological polar surface area (TPSA) is 305 Å². The van der Waals surface area contributed by atoms with Crippen molar-refractivity contribution in [1.82, 2.24) is 25.8 Å². The Kier molecular flexibility index (Phi) is 11.8. The van der Waals surface area contributed by atoms with Gasteiger partial charge in [-0.25, -0.2) is 4.79 Å². The average molecular weight is 688 g/mol. The van der Waals surface area contributed by atoms with Crippen LogP contribution in [0.3, 0.4) is 0 Å². The lowest BCUT2D eigenvalue weighted by Crippen LogP contribution is -2.62. The summed E-state index contributed by atoms with van der Waals surface area (Å²) in [7, 11) is -4.12. The summed E-state index contributed by atoms with van der Waals surface area (Å²) in [5.41, 5.74) is -1.34. The van der Waals surface area contributed by atoms with E-state index in [1.807, 2.05) is 4.90 Å². The number of nitrogens with zero attached hydrogens (tertiary/aromatic N) is 3. The molecule has 1 aromatic carbocycles. The van der Waals surface area contributed by atoms with E-state index in [1.165, 1.54) is 12.2 Å². The number of aromatic amines is 1. The molecule has 2 aliphatic heterocycles. The van der Waals surface area contributed by atoms with Gasteiger partial charge in [0, 0.05) is 55.0 Å². The Morgan fingerprint density at radius 3 is 2.33 bits per heavy atom. The van der Waals surface area contributed by atoms with Gasteiger partial charge < -0.3 is 35.6 Å². The number of aromatic carboxylic acids is 1. The van der Waals surface area contributed by atoms with Gasteiger partial charge in [0.1, 0.15) is 22.9 Å². The molecule has 2 fully saturated rings. The summed E-state index contributed by atoms with van der Waals surface area (Å²) in [6.45, 7) is 3.40. The maximum atomic E-state index is 11.4. The van der Waals surface area contributed by atoms with Crippen LogP contribution in [0.1, 0.15) is 17.4 Å². The molecule has 2 unspecified atom stereocenters. The Balaban J connectivity index is 0.000000196. The highest BCUT2D eigenvalue weighted by molar-refractivity contribution is 7.55. The summed E-state index contributed by atoms with van der Waals surface area (Å²) >= 11 is 0. The third-order valence-electron chi connectivity index (χ3n) is 7.05. The van der Waals surface area contributed by atoms with Crippen molar-refractivity contribution in [2.24, 2.45) is 0 Å². The molecule has 2 aromatic rings. The monoisotopic (exact) mass is 687 g/mol. The maximum Gasteiger partial charge on any atom is 0.352 e. The zero-order valence-corrected chi connectivity index (χ0v) is 25.9. The standard InChI is InChI=1S/C10H7NO3.C9H6N4O4.C9H17N2O5P/c12-9-5-8(10(13)14)11-7-4-2-1-3-6(7)9;10-3-4-1-5-6(2-7(4)13(16)17)12-9(15)8(14)11-5;1-9(8(12)13)7-11(5-3-10-9)4-2-6-17(14,15)16/h1-5H,(H,11,12)(H,13,14);1-2,5-6H,(H,11,14)(H,12,15);2,6,10H,3-5,7H2,1H3,(H,12,13)(H2,14,15,16)/b;;6-2+/t;;9-/m..1/s1. The molecule has 48 heavy (non-hydrogen) atoms. The minimum atomic E-state index is -4.12. The van der Waals surface area contributed by atoms with Crippen LogP contribution in [0.4, 0.5) is 0 Å². The number of hydrogen-bond acceptors (Lipinski definition) is 11. The number of para-hydroxylation sites is 1. The molecule has 1 aliphatic carbocycles. The lowest BCUT2D eigenvalue weighted by atomic mass is 9.94. The van der Waals surface area contributed by atoms with Crippen molar-refractivity contribution in [2.75, 3.05) is 26.2 Å². The molecule has 20 heteroatoms. The molecule has 5 rings (SSSR count). The molecular formula is C28H30N7O12P. The van der Waals surface area contributed by atoms with E-state index in [0.29, 0.717) is 37.1 Å². The largest absolute Gasteiger partial charge is 0.480 e. The molecule has 0 bridgehead atoms. The van der Waals surface area contributed by atoms with E-state index < -0.39 is 53.9 Å². The number of benzene rings is 1. The van der Waals surface area contributed by atoms with E-state index in [1.54, 1.807) is 37.3 Å². The molecule has 0 radical (unpaired) electrons. The van der Waals surface area contributed by atoms with Crippen molar-refractivity contribution in [3.8, 4) is 6.07 Å². The summed E-state index contributed by atoms with van der Waals surface area (Å²) in [5.74, 6) is -2.89. The van der Waals surface area contributed by atoms with Gasteiger partial charge in [-0.2, -0.15) is 5.26 Å². The molecular weight excluding hydrogens is 657 g/mol. The minimum Gasteiger partial charge on any atom is -0.480 e. The van der Waals surface area contributed by atoms with Crippen molar-refractivity contribution in [3.63, 3.8) is 0 Å². The highest BCUT2D eigenvalue weighted by Crippen LogP contribution is 2.35. The molecule has 254 valence electrons. The molecule has 0 saturated carbocycles. The number of fused-ring (bicyclic) bond motifs is 2. The first-order valence-electron chi connectivity index (χ1n) is 13.8. The molecule has 8 N–H and O–H groups in total. The van der Waals surface area contributed by atoms with Gasteiger partial charge in [0.15, 0.2) is 5.43 Å². The van der Waals surface area contributed by atoms with Crippen LogP contribution in [0.2, 0.25) is 0 Å². The van der Waals surface area contributed by atoms with Crippen molar-refractivity contribution in [2.45, 2.75) is 24.5 Å². The Morgan fingerprint density at radius 1 is 1.15 bits per heavy atom. The molecule has 2 saturated heterocycles. The number of amides is 2. The van der Waals surface area contributed by atoms with Crippen molar-refractivity contribution in [3.05, 3.63) is 91.7 Å². The van der Waals surface area contributed by atoms with Crippen LogP contribution in [0, 0.1) is 21.4 Å². The lowest BCUT2D eigenvalue weighted by Gasteiger charge is -2.38. The van der Waals surface area contributed by atoms with Gasteiger partial charge in [-0.3, -0.25) is 44.1 Å². The average Bonchev–Trinajstić information content (AvgIpc) is 3.01. The number of carbonyl (C=O) groups is 4. The van der Waals surface area contributed by atoms with E-state index in [0.717, 1.165) is 18.0 Å². The number of carbonyl (C=O) groups excluding carboxylic acids is 2. The highest BCUT2D eigenvalue weighted by atomic mass is 31.2. The summed E-state index contributed by atoms with van der Waals surface area (Å²) in [6.07, 6.45) is 3.79. The van der Waals surface area contributed by atoms with E-state index in [2.05, 4.69) is 20.9 Å². The van der Waals surface area contributed by atoms with Crippen LogP contribution in [0.15, 0.2) is 70.4 Å². The first-order valence-corrected chi connectivity index (χ1v) is 15.5. The number of nitriles is 1. The van der Waals surface area contributed by atoms with Crippen LogP contribution in [0.5, 0.6) is 0 Å². The summed E-state index contributed by atoms with van der Waals surface area (Å²) in [5, 5.41) is 45.2. The number of pyridine rings is 1. The van der Waals surface area contributed by atoms with Crippen LogP contribution < -0.4 is 21.4 Å². The third kappa shape index (κ3) is 9.75. The molecule has 3 atom stereocenters. The number of H-pyrrole nitrogens is 1. The number of aliphatic carboxylic acids is 1. The van der Waals surface area contributed by atoms with Gasteiger partial charge in [0.05, 0.1) is 17.0 Å². The molecule has 19 nitrogen and oxygen atoms in total. The van der Waals surface area contributed by atoms with Crippen molar-refractivity contribution in [1.29, 1.82) is 5.26 Å². The number of aromatic nitrogens is 1. The summed E-state index contributed by atoms with van der Waals surface area (Å²) in [6, 6.07) is 8.24. The Morgan fingerprint density at radius 2 is 1.77 bits per heavy atom. The third-order valence-corrected chi connectivity index (χ3v) is 7.65. The fourth-order valence-electron chi connectivity index (χ4n) is 4.70. The van der Waals surface area contributed by atoms with Crippen molar-refractivity contribution >= 4 is 42.3 Å². The fraction of sp³-hybridized carbons (Fsp3) is 0.286. The second-order valence-electron chi connectivity index (χ2n) is 10.7. The van der Waals surface area contributed by atoms with E-state index in [4.69, 9.17) is 25.3 Å². The second kappa shape index (κ2) is 15.4. The number of rotatable bonds is 6. The summed E-state index contributed by atoms with van der Waals surface area (Å²) in [4.78, 5) is 87.0. The maximum absolute atomic E-state index is 11.4. The van der Waals surface area contributed by atoms with E-state index in [9.17, 15) is 38.7 Å². The predicted octanol–water partition coefficient (Wildman–Crippen LogP) is -0.754. The SMILES string of the molecule is C[C@]1(C(=O)O)CN(C/C=C/P(=O)(O)O)CCN1.N#CC1=CC2NC(=O)C(=O)NC2C=C1[N+](=O)[O-].O=C(O)c1cc(=O)c2ccccc2[nH]1. The first kappa shape index (κ1) is 37.0.